The van der Waals surface area contributed by atoms with Gasteiger partial charge in [0.2, 0.25) is 5.91 Å². The number of benzene rings is 1. The quantitative estimate of drug-likeness (QED) is 0.917. The van der Waals surface area contributed by atoms with Gasteiger partial charge in [0, 0.05) is 11.2 Å². The van der Waals surface area contributed by atoms with Gasteiger partial charge in [0.05, 0.1) is 13.0 Å². The van der Waals surface area contributed by atoms with Crippen molar-refractivity contribution in [2.45, 2.75) is 13.3 Å². The summed E-state index contributed by atoms with van der Waals surface area (Å²) in [6, 6.07) is 10.9. The summed E-state index contributed by atoms with van der Waals surface area (Å²) in [4.78, 5) is 15.7. The van der Waals surface area contributed by atoms with Crippen LogP contribution in [-0.2, 0) is 4.79 Å². The number of rotatable bonds is 5. The van der Waals surface area contributed by atoms with E-state index in [1.54, 1.807) is 18.3 Å². The molecule has 0 radical (unpaired) electrons. The number of hydrogen-bond acceptors (Lipinski definition) is 3. The van der Waals surface area contributed by atoms with Gasteiger partial charge in [0.25, 0.3) is 0 Å². The van der Waals surface area contributed by atoms with Gasteiger partial charge in [-0.05, 0) is 36.8 Å². The van der Waals surface area contributed by atoms with Crippen molar-refractivity contribution in [1.29, 1.82) is 0 Å². The second-order valence-corrected chi connectivity index (χ2v) is 4.76. The highest BCUT2D eigenvalue weighted by atomic mass is 35.5. The molecule has 20 heavy (non-hydrogen) atoms. The Labute approximate surface area is 122 Å². The van der Waals surface area contributed by atoms with Crippen molar-refractivity contribution in [1.82, 2.24) is 4.98 Å². The largest absolute Gasteiger partial charge is 0.493 e. The Hall–Kier alpha value is -2.07. The summed E-state index contributed by atoms with van der Waals surface area (Å²) < 4.78 is 5.51. The molecule has 1 N–H and O–H groups in total. The van der Waals surface area contributed by atoms with Crippen molar-refractivity contribution in [2.24, 2.45) is 0 Å². The van der Waals surface area contributed by atoms with Crippen LogP contribution in [0.3, 0.4) is 0 Å². The van der Waals surface area contributed by atoms with E-state index in [2.05, 4.69) is 10.3 Å². The van der Waals surface area contributed by atoms with Crippen molar-refractivity contribution in [3.63, 3.8) is 0 Å². The lowest BCUT2D eigenvalue weighted by molar-refractivity contribution is -0.116. The predicted octanol–water partition coefficient (Wildman–Crippen LogP) is 3.45. The van der Waals surface area contributed by atoms with E-state index in [0.717, 1.165) is 11.3 Å². The van der Waals surface area contributed by atoms with E-state index in [-0.39, 0.29) is 12.3 Å². The van der Waals surface area contributed by atoms with Crippen LogP contribution in [0, 0.1) is 6.92 Å². The highest BCUT2D eigenvalue weighted by Gasteiger charge is 2.04. The first-order chi connectivity index (χ1) is 9.63. The SMILES string of the molecule is Cc1cccc(OCCC(=O)Nc2cc(Cl)ccn2)c1. The maximum Gasteiger partial charge on any atom is 0.228 e. The number of ether oxygens (including phenoxy) is 1. The van der Waals surface area contributed by atoms with Crippen LogP contribution in [0.2, 0.25) is 5.02 Å². The van der Waals surface area contributed by atoms with Gasteiger partial charge in [-0.15, -0.1) is 0 Å². The fraction of sp³-hybridized carbons (Fsp3) is 0.200. The third-order valence-corrected chi connectivity index (χ3v) is 2.81. The molecule has 2 aromatic rings. The van der Waals surface area contributed by atoms with Gasteiger partial charge < -0.3 is 10.1 Å². The summed E-state index contributed by atoms with van der Waals surface area (Å²) in [5.74, 6) is 1.05. The van der Waals surface area contributed by atoms with E-state index < -0.39 is 0 Å². The average Bonchev–Trinajstić information content (AvgIpc) is 2.38. The Bertz CT molecular complexity index is 602. The van der Waals surface area contributed by atoms with Gasteiger partial charge in [-0.1, -0.05) is 23.7 Å². The van der Waals surface area contributed by atoms with E-state index >= 15 is 0 Å². The van der Waals surface area contributed by atoms with Gasteiger partial charge in [-0.2, -0.15) is 0 Å². The van der Waals surface area contributed by atoms with E-state index in [1.165, 1.54) is 0 Å². The van der Waals surface area contributed by atoms with Crippen molar-refractivity contribution in [3.8, 4) is 5.75 Å². The van der Waals surface area contributed by atoms with Crippen molar-refractivity contribution in [3.05, 3.63) is 53.2 Å². The highest BCUT2D eigenvalue weighted by Crippen LogP contribution is 2.13. The molecule has 4 nitrogen and oxygen atoms in total. The molecule has 0 aliphatic carbocycles. The summed E-state index contributed by atoms with van der Waals surface area (Å²) >= 11 is 5.81. The molecule has 0 unspecified atom stereocenters. The molecule has 0 fully saturated rings. The molecule has 104 valence electrons. The molecule has 0 bridgehead atoms. The maximum absolute atomic E-state index is 11.7. The number of hydrogen-bond donors (Lipinski definition) is 1. The first-order valence-electron chi connectivity index (χ1n) is 6.24. The number of pyridine rings is 1. The summed E-state index contributed by atoms with van der Waals surface area (Å²) in [6.07, 6.45) is 1.79. The van der Waals surface area contributed by atoms with E-state index in [0.29, 0.717) is 17.4 Å². The fourth-order valence-electron chi connectivity index (χ4n) is 1.65. The minimum Gasteiger partial charge on any atom is -0.493 e. The standard InChI is InChI=1S/C15H15ClN2O2/c1-11-3-2-4-13(9-11)20-8-6-15(19)18-14-10-12(16)5-7-17-14/h2-5,7,9-10H,6,8H2,1H3,(H,17,18,19). The molecule has 0 saturated heterocycles. The minimum absolute atomic E-state index is 0.160. The molecule has 0 aliphatic heterocycles. The number of aryl methyl sites for hydroxylation is 1. The molecule has 0 spiro atoms. The molecule has 1 heterocycles. The van der Waals surface area contributed by atoms with Crippen LogP contribution in [0.15, 0.2) is 42.6 Å². The van der Waals surface area contributed by atoms with Gasteiger partial charge in [-0.3, -0.25) is 4.79 Å². The lowest BCUT2D eigenvalue weighted by Crippen LogP contribution is -2.15. The Balaban J connectivity index is 1.78. The number of carbonyl (C=O) groups excluding carboxylic acids is 1. The van der Waals surface area contributed by atoms with E-state index in [9.17, 15) is 4.79 Å². The molecule has 0 saturated carbocycles. The zero-order valence-corrected chi connectivity index (χ0v) is 11.9. The normalized spacial score (nSPS) is 10.1. The molecular formula is C15H15ClN2O2. The predicted molar refractivity (Wildman–Crippen MR) is 79.2 cm³/mol. The Morgan fingerprint density at radius 2 is 2.20 bits per heavy atom. The van der Waals surface area contributed by atoms with E-state index in [4.69, 9.17) is 16.3 Å². The average molecular weight is 291 g/mol. The first-order valence-corrected chi connectivity index (χ1v) is 6.62. The summed E-state index contributed by atoms with van der Waals surface area (Å²) in [6.45, 7) is 2.31. The zero-order valence-electron chi connectivity index (χ0n) is 11.1. The fourth-order valence-corrected chi connectivity index (χ4v) is 1.80. The van der Waals surface area contributed by atoms with Gasteiger partial charge in [0.15, 0.2) is 0 Å². The first kappa shape index (κ1) is 14.3. The third kappa shape index (κ3) is 4.55. The monoisotopic (exact) mass is 290 g/mol. The molecule has 2 rings (SSSR count). The molecule has 1 aromatic carbocycles. The number of aromatic nitrogens is 1. The lowest BCUT2D eigenvalue weighted by atomic mass is 10.2. The van der Waals surface area contributed by atoms with Gasteiger partial charge >= 0.3 is 0 Å². The molecule has 0 aliphatic rings. The van der Waals surface area contributed by atoms with Crippen LogP contribution in [0.4, 0.5) is 5.82 Å². The van der Waals surface area contributed by atoms with Crippen LogP contribution in [0.1, 0.15) is 12.0 Å². The number of carbonyl (C=O) groups is 1. The Morgan fingerprint density at radius 3 is 2.95 bits per heavy atom. The van der Waals surface area contributed by atoms with Crippen LogP contribution in [0.25, 0.3) is 0 Å². The second-order valence-electron chi connectivity index (χ2n) is 4.32. The topological polar surface area (TPSA) is 51.2 Å². The number of halogens is 1. The molecule has 1 aromatic heterocycles. The Kier molecular flexibility index (Phi) is 4.96. The summed E-state index contributed by atoms with van der Waals surface area (Å²) in [5.41, 5.74) is 1.12. The molecule has 0 atom stereocenters. The van der Waals surface area contributed by atoms with Gasteiger partial charge in [0.1, 0.15) is 11.6 Å². The Morgan fingerprint density at radius 1 is 1.35 bits per heavy atom. The van der Waals surface area contributed by atoms with Crippen LogP contribution in [0.5, 0.6) is 5.75 Å². The van der Waals surface area contributed by atoms with E-state index in [1.807, 2.05) is 31.2 Å². The van der Waals surface area contributed by atoms with Crippen LogP contribution >= 0.6 is 11.6 Å². The van der Waals surface area contributed by atoms with Crippen molar-refractivity contribution in [2.75, 3.05) is 11.9 Å². The smallest absolute Gasteiger partial charge is 0.228 e. The number of nitrogens with zero attached hydrogens (tertiary/aromatic N) is 1. The van der Waals surface area contributed by atoms with Crippen LogP contribution < -0.4 is 10.1 Å². The number of nitrogens with one attached hydrogen (secondary N) is 1. The van der Waals surface area contributed by atoms with Crippen molar-refractivity contribution < 1.29 is 9.53 Å². The zero-order chi connectivity index (χ0) is 14.4. The maximum atomic E-state index is 11.7. The van der Waals surface area contributed by atoms with Gasteiger partial charge in [-0.25, -0.2) is 4.98 Å². The second kappa shape index (κ2) is 6.91. The lowest BCUT2D eigenvalue weighted by Gasteiger charge is -2.07. The summed E-state index contributed by atoms with van der Waals surface area (Å²) in [7, 11) is 0. The van der Waals surface area contributed by atoms with Crippen LogP contribution in [-0.4, -0.2) is 17.5 Å². The number of anilines is 1. The molecule has 1 amide bonds. The molecule has 5 heteroatoms. The molecular weight excluding hydrogens is 276 g/mol. The highest BCUT2D eigenvalue weighted by molar-refractivity contribution is 6.30. The third-order valence-electron chi connectivity index (χ3n) is 2.58. The number of amides is 1. The summed E-state index contributed by atoms with van der Waals surface area (Å²) in [5, 5.41) is 3.20. The minimum atomic E-state index is -0.160. The van der Waals surface area contributed by atoms with Crippen molar-refractivity contribution >= 4 is 23.3 Å².